The summed E-state index contributed by atoms with van der Waals surface area (Å²) < 4.78 is 10.9. The summed E-state index contributed by atoms with van der Waals surface area (Å²) in [6.45, 7) is 2.52. The van der Waals surface area contributed by atoms with Gasteiger partial charge in [-0.15, -0.1) is 0 Å². The van der Waals surface area contributed by atoms with Crippen molar-refractivity contribution in [3.63, 3.8) is 0 Å². The van der Waals surface area contributed by atoms with Gasteiger partial charge in [0.2, 0.25) is 5.88 Å². The molecule has 0 fully saturated rings. The van der Waals surface area contributed by atoms with Crippen molar-refractivity contribution >= 4 is 0 Å². The molecule has 1 heterocycles. The maximum absolute atomic E-state index is 9.31. The monoisotopic (exact) mass is 287 g/mol. The minimum absolute atomic E-state index is 0.00520. The second kappa shape index (κ2) is 7.64. The van der Waals surface area contributed by atoms with Gasteiger partial charge in [-0.25, -0.2) is 4.98 Å². The van der Waals surface area contributed by atoms with Crippen molar-refractivity contribution in [2.45, 2.75) is 33.0 Å². The molecule has 1 aromatic carbocycles. The number of pyridine rings is 1. The van der Waals surface area contributed by atoms with E-state index in [0.717, 1.165) is 35.4 Å². The first kappa shape index (κ1) is 15.3. The molecule has 2 rings (SSSR count). The Labute approximate surface area is 125 Å². The molecule has 0 radical (unpaired) electrons. The predicted molar refractivity (Wildman–Crippen MR) is 81.5 cm³/mol. The normalized spacial score (nSPS) is 10.4. The van der Waals surface area contributed by atoms with E-state index in [9.17, 15) is 5.11 Å². The molecule has 1 aromatic heterocycles. The minimum atomic E-state index is -0.00520. The fourth-order valence-electron chi connectivity index (χ4n) is 2.09. The molecule has 112 valence electrons. The molecule has 0 aliphatic rings. The zero-order valence-electron chi connectivity index (χ0n) is 12.5. The van der Waals surface area contributed by atoms with Crippen LogP contribution in [0.25, 0.3) is 0 Å². The molecule has 0 spiro atoms. The zero-order chi connectivity index (χ0) is 15.1. The van der Waals surface area contributed by atoms with E-state index in [2.05, 4.69) is 11.9 Å². The van der Waals surface area contributed by atoms with Crippen LogP contribution in [-0.2, 0) is 19.6 Å². The Bertz CT molecular complexity index is 584. The summed E-state index contributed by atoms with van der Waals surface area (Å²) in [7, 11) is 1.64. The van der Waals surface area contributed by atoms with Gasteiger partial charge in [0, 0.05) is 11.8 Å². The number of benzene rings is 1. The Kier molecular flexibility index (Phi) is 5.58. The first-order chi connectivity index (χ1) is 10.2. The lowest BCUT2D eigenvalue weighted by Gasteiger charge is -2.10. The molecule has 0 saturated heterocycles. The number of methoxy groups -OCH3 is 1. The van der Waals surface area contributed by atoms with Crippen LogP contribution >= 0.6 is 0 Å². The van der Waals surface area contributed by atoms with E-state index in [1.165, 1.54) is 0 Å². The van der Waals surface area contributed by atoms with Crippen LogP contribution in [0.5, 0.6) is 11.6 Å². The number of aliphatic hydroxyl groups excluding tert-OH is 1. The fraction of sp³-hybridized carbons (Fsp3) is 0.353. The van der Waals surface area contributed by atoms with Gasteiger partial charge in [0.15, 0.2) is 0 Å². The summed E-state index contributed by atoms with van der Waals surface area (Å²) >= 11 is 0. The number of ether oxygens (including phenoxy) is 2. The summed E-state index contributed by atoms with van der Waals surface area (Å²) in [5, 5.41) is 9.31. The average molecular weight is 287 g/mol. The lowest BCUT2D eigenvalue weighted by Crippen LogP contribution is -2.01. The molecular formula is C17H21NO3. The van der Waals surface area contributed by atoms with Gasteiger partial charge in [-0.2, -0.15) is 0 Å². The van der Waals surface area contributed by atoms with Crippen LogP contribution in [0.2, 0.25) is 0 Å². The first-order valence-electron chi connectivity index (χ1n) is 7.11. The standard InChI is InChI=1S/C17H21NO3/c1-3-5-15-8-14(11-19)10-17(18-15)21-12-13-6-4-7-16(9-13)20-2/h4,6-10,19H,3,5,11-12H2,1-2H3. The number of aryl methyl sites for hydroxylation is 1. The van der Waals surface area contributed by atoms with Gasteiger partial charge >= 0.3 is 0 Å². The molecule has 1 N–H and O–H groups in total. The molecule has 0 amide bonds. The van der Waals surface area contributed by atoms with Crippen molar-refractivity contribution in [3.05, 3.63) is 53.2 Å². The van der Waals surface area contributed by atoms with Crippen molar-refractivity contribution in [1.29, 1.82) is 0 Å². The molecular weight excluding hydrogens is 266 g/mol. The molecule has 0 saturated carbocycles. The Morgan fingerprint density at radius 3 is 2.71 bits per heavy atom. The van der Waals surface area contributed by atoms with E-state index >= 15 is 0 Å². The number of hydrogen-bond acceptors (Lipinski definition) is 4. The van der Waals surface area contributed by atoms with Crippen LogP contribution in [0, 0.1) is 0 Å². The Morgan fingerprint density at radius 1 is 1.14 bits per heavy atom. The van der Waals surface area contributed by atoms with E-state index in [0.29, 0.717) is 12.5 Å². The summed E-state index contributed by atoms with van der Waals surface area (Å²) in [5.74, 6) is 1.35. The molecule has 2 aromatic rings. The van der Waals surface area contributed by atoms with E-state index in [-0.39, 0.29) is 6.61 Å². The molecule has 0 bridgehead atoms. The number of hydrogen-bond donors (Lipinski definition) is 1. The van der Waals surface area contributed by atoms with E-state index in [1.807, 2.05) is 30.3 Å². The van der Waals surface area contributed by atoms with Crippen molar-refractivity contribution in [3.8, 4) is 11.6 Å². The van der Waals surface area contributed by atoms with Gasteiger partial charge in [-0.3, -0.25) is 0 Å². The summed E-state index contributed by atoms with van der Waals surface area (Å²) in [4.78, 5) is 4.46. The maximum Gasteiger partial charge on any atom is 0.214 e. The molecule has 0 aliphatic heterocycles. The van der Waals surface area contributed by atoms with Crippen molar-refractivity contribution < 1.29 is 14.6 Å². The highest BCUT2D eigenvalue weighted by molar-refractivity contribution is 5.29. The number of nitrogens with zero attached hydrogens (tertiary/aromatic N) is 1. The molecule has 4 nitrogen and oxygen atoms in total. The molecule has 21 heavy (non-hydrogen) atoms. The predicted octanol–water partition coefficient (Wildman–Crippen LogP) is 3.11. The van der Waals surface area contributed by atoms with Gasteiger partial charge < -0.3 is 14.6 Å². The molecule has 0 atom stereocenters. The summed E-state index contributed by atoms with van der Waals surface area (Å²) in [5.41, 5.74) is 2.79. The summed E-state index contributed by atoms with van der Waals surface area (Å²) in [6, 6.07) is 11.4. The highest BCUT2D eigenvalue weighted by atomic mass is 16.5. The average Bonchev–Trinajstić information content (AvgIpc) is 2.53. The molecule has 0 unspecified atom stereocenters. The van der Waals surface area contributed by atoms with Gasteiger partial charge in [-0.1, -0.05) is 25.5 Å². The Balaban J connectivity index is 2.09. The maximum atomic E-state index is 9.31. The van der Waals surface area contributed by atoms with E-state index in [4.69, 9.17) is 9.47 Å². The molecule has 0 aliphatic carbocycles. The van der Waals surface area contributed by atoms with Crippen molar-refractivity contribution in [2.75, 3.05) is 7.11 Å². The van der Waals surface area contributed by atoms with Gasteiger partial charge in [0.05, 0.1) is 13.7 Å². The lowest BCUT2D eigenvalue weighted by atomic mass is 10.2. The van der Waals surface area contributed by atoms with E-state index < -0.39 is 0 Å². The van der Waals surface area contributed by atoms with Gasteiger partial charge in [-0.05, 0) is 35.7 Å². The van der Waals surface area contributed by atoms with Crippen LogP contribution in [0.1, 0.15) is 30.2 Å². The van der Waals surface area contributed by atoms with E-state index in [1.54, 1.807) is 13.2 Å². The third-order valence-corrected chi connectivity index (χ3v) is 3.12. The van der Waals surface area contributed by atoms with Crippen LogP contribution in [0.15, 0.2) is 36.4 Å². The number of rotatable bonds is 7. The second-order valence-corrected chi connectivity index (χ2v) is 4.85. The largest absolute Gasteiger partial charge is 0.497 e. The van der Waals surface area contributed by atoms with Crippen molar-refractivity contribution in [1.82, 2.24) is 4.98 Å². The minimum Gasteiger partial charge on any atom is -0.497 e. The summed E-state index contributed by atoms with van der Waals surface area (Å²) in [6.07, 6.45) is 1.89. The zero-order valence-corrected chi connectivity index (χ0v) is 12.5. The molecule has 4 heteroatoms. The SMILES string of the molecule is CCCc1cc(CO)cc(OCc2cccc(OC)c2)n1. The van der Waals surface area contributed by atoms with Crippen LogP contribution < -0.4 is 9.47 Å². The smallest absolute Gasteiger partial charge is 0.214 e. The fourth-order valence-corrected chi connectivity index (χ4v) is 2.09. The topological polar surface area (TPSA) is 51.6 Å². The van der Waals surface area contributed by atoms with Crippen molar-refractivity contribution in [2.24, 2.45) is 0 Å². The van der Waals surface area contributed by atoms with Gasteiger partial charge in [0.1, 0.15) is 12.4 Å². The van der Waals surface area contributed by atoms with Crippen LogP contribution in [0.3, 0.4) is 0 Å². The first-order valence-corrected chi connectivity index (χ1v) is 7.11. The van der Waals surface area contributed by atoms with Gasteiger partial charge in [0.25, 0.3) is 0 Å². The highest BCUT2D eigenvalue weighted by Gasteiger charge is 2.04. The third-order valence-electron chi connectivity index (χ3n) is 3.12. The Morgan fingerprint density at radius 2 is 2.00 bits per heavy atom. The number of aromatic nitrogens is 1. The Hall–Kier alpha value is -2.07. The van der Waals surface area contributed by atoms with Crippen LogP contribution in [0.4, 0.5) is 0 Å². The second-order valence-electron chi connectivity index (χ2n) is 4.85. The quantitative estimate of drug-likeness (QED) is 0.850. The lowest BCUT2D eigenvalue weighted by molar-refractivity contribution is 0.274. The van der Waals surface area contributed by atoms with Crippen LogP contribution in [-0.4, -0.2) is 17.2 Å². The third kappa shape index (κ3) is 4.46. The highest BCUT2D eigenvalue weighted by Crippen LogP contribution is 2.17. The number of aliphatic hydroxyl groups is 1.